The summed E-state index contributed by atoms with van der Waals surface area (Å²) in [6.45, 7) is -0.444. The maximum Gasteiger partial charge on any atom is 0.307 e. The van der Waals surface area contributed by atoms with Crippen LogP contribution in [0.1, 0.15) is 28.4 Å². The predicted molar refractivity (Wildman–Crippen MR) is 92.6 cm³/mol. The van der Waals surface area contributed by atoms with Crippen molar-refractivity contribution < 1.29 is 27.9 Å². The highest BCUT2D eigenvalue weighted by molar-refractivity contribution is 5.96. The van der Waals surface area contributed by atoms with Gasteiger partial charge in [-0.25, -0.2) is 8.78 Å². The van der Waals surface area contributed by atoms with Gasteiger partial charge >= 0.3 is 5.97 Å². The van der Waals surface area contributed by atoms with E-state index in [0.29, 0.717) is 11.6 Å². The van der Waals surface area contributed by atoms with E-state index < -0.39 is 42.0 Å². The maximum absolute atomic E-state index is 13.6. The molecule has 142 valence electrons. The highest BCUT2D eigenvalue weighted by Gasteiger charge is 2.20. The Labute approximate surface area is 154 Å². The summed E-state index contributed by atoms with van der Waals surface area (Å²) >= 11 is 0. The third-order valence-electron chi connectivity index (χ3n) is 3.72. The molecular weight excluding hydrogens is 358 g/mol. The van der Waals surface area contributed by atoms with E-state index in [0.717, 1.165) is 12.1 Å². The summed E-state index contributed by atoms with van der Waals surface area (Å²) in [6.07, 6.45) is -0.0905. The molecule has 8 heteroatoms. The summed E-state index contributed by atoms with van der Waals surface area (Å²) < 4.78 is 31.1. The first-order valence-corrected chi connectivity index (χ1v) is 8.05. The van der Waals surface area contributed by atoms with Crippen LogP contribution in [0, 0.1) is 11.6 Å². The van der Waals surface area contributed by atoms with Crippen molar-refractivity contribution in [3.63, 3.8) is 0 Å². The van der Waals surface area contributed by atoms with E-state index in [9.17, 15) is 23.2 Å². The van der Waals surface area contributed by atoms with Crippen molar-refractivity contribution in [3.05, 3.63) is 71.3 Å². The molecule has 0 spiro atoms. The molecule has 2 rings (SSSR count). The van der Waals surface area contributed by atoms with Crippen molar-refractivity contribution >= 4 is 17.8 Å². The fourth-order valence-corrected chi connectivity index (χ4v) is 2.36. The van der Waals surface area contributed by atoms with Crippen molar-refractivity contribution in [2.75, 3.05) is 13.7 Å². The minimum atomic E-state index is -1.03. The molecule has 2 aromatic carbocycles. The topological polar surface area (TPSA) is 84.5 Å². The van der Waals surface area contributed by atoms with Crippen LogP contribution in [0.4, 0.5) is 8.78 Å². The van der Waals surface area contributed by atoms with Crippen LogP contribution in [0.2, 0.25) is 0 Å². The average molecular weight is 376 g/mol. The van der Waals surface area contributed by atoms with Crippen LogP contribution in [0.25, 0.3) is 0 Å². The lowest BCUT2D eigenvalue weighted by Crippen LogP contribution is -2.39. The number of carbonyl (C=O) groups excluding carboxylic acids is 3. The Morgan fingerprint density at radius 2 is 1.78 bits per heavy atom. The van der Waals surface area contributed by atoms with Gasteiger partial charge in [-0.2, -0.15) is 0 Å². The number of methoxy groups -OCH3 is 1. The minimum absolute atomic E-state index is 0.0905. The standard InChI is InChI=1S/C19H18F2N2O4/c1-27-18(25)10-16(12-5-3-2-4-6-12)23-17(24)11-22-19(26)14-8-7-13(20)9-15(14)21/h2-9,16H,10-11H2,1H3,(H,22,26)(H,23,24). The van der Waals surface area contributed by atoms with Crippen LogP contribution in [-0.2, 0) is 14.3 Å². The molecule has 6 nitrogen and oxygen atoms in total. The number of hydrogen-bond donors (Lipinski definition) is 2. The van der Waals surface area contributed by atoms with Gasteiger partial charge in [0.25, 0.3) is 5.91 Å². The Morgan fingerprint density at radius 3 is 2.41 bits per heavy atom. The zero-order valence-electron chi connectivity index (χ0n) is 14.5. The van der Waals surface area contributed by atoms with Gasteiger partial charge in [0.05, 0.1) is 31.7 Å². The Balaban J connectivity index is 1.98. The summed E-state index contributed by atoms with van der Waals surface area (Å²) in [5, 5.41) is 4.87. The fourth-order valence-electron chi connectivity index (χ4n) is 2.36. The van der Waals surface area contributed by atoms with E-state index in [-0.39, 0.29) is 12.0 Å². The summed E-state index contributed by atoms with van der Waals surface area (Å²) in [6, 6.07) is 10.6. The molecule has 2 aromatic rings. The zero-order valence-corrected chi connectivity index (χ0v) is 14.5. The number of rotatable bonds is 7. The van der Waals surface area contributed by atoms with Crippen molar-refractivity contribution in [1.29, 1.82) is 0 Å². The van der Waals surface area contributed by atoms with Gasteiger partial charge in [0.1, 0.15) is 11.6 Å². The number of carbonyl (C=O) groups is 3. The molecule has 2 amide bonds. The lowest BCUT2D eigenvalue weighted by Gasteiger charge is -2.18. The number of halogens is 2. The third kappa shape index (κ3) is 5.88. The molecule has 0 heterocycles. The van der Waals surface area contributed by atoms with Gasteiger partial charge in [-0.05, 0) is 17.7 Å². The molecule has 0 aliphatic rings. The van der Waals surface area contributed by atoms with Crippen LogP contribution in [-0.4, -0.2) is 31.4 Å². The molecule has 0 aliphatic carbocycles. The molecule has 0 aromatic heterocycles. The van der Waals surface area contributed by atoms with Crippen LogP contribution in [0.3, 0.4) is 0 Å². The van der Waals surface area contributed by atoms with Gasteiger partial charge in [0, 0.05) is 6.07 Å². The number of esters is 1. The smallest absolute Gasteiger partial charge is 0.307 e. The molecule has 0 aliphatic heterocycles. The van der Waals surface area contributed by atoms with Crippen LogP contribution < -0.4 is 10.6 Å². The van der Waals surface area contributed by atoms with E-state index in [1.807, 2.05) is 0 Å². The SMILES string of the molecule is COC(=O)CC(NC(=O)CNC(=O)c1ccc(F)cc1F)c1ccccc1. The first-order chi connectivity index (χ1) is 12.9. The molecule has 1 atom stereocenters. The molecular formula is C19H18F2N2O4. The largest absolute Gasteiger partial charge is 0.469 e. The molecule has 1 unspecified atom stereocenters. The molecule has 2 N–H and O–H groups in total. The minimum Gasteiger partial charge on any atom is -0.469 e. The van der Waals surface area contributed by atoms with E-state index in [1.165, 1.54) is 7.11 Å². The van der Waals surface area contributed by atoms with E-state index >= 15 is 0 Å². The summed E-state index contributed by atoms with van der Waals surface area (Å²) in [5.74, 6) is -3.78. The first-order valence-electron chi connectivity index (χ1n) is 8.05. The van der Waals surface area contributed by atoms with Gasteiger partial charge in [0.15, 0.2) is 0 Å². The monoisotopic (exact) mass is 376 g/mol. The Hall–Kier alpha value is -3.29. The molecule has 0 fully saturated rings. The Kier molecular flexibility index (Phi) is 6.99. The van der Waals surface area contributed by atoms with Crippen molar-refractivity contribution in [2.45, 2.75) is 12.5 Å². The number of nitrogens with one attached hydrogen (secondary N) is 2. The van der Waals surface area contributed by atoms with Crippen molar-refractivity contribution in [2.24, 2.45) is 0 Å². The Morgan fingerprint density at radius 1 is 1.07 bits per heavy atom. The maximum atomic E-state index is 13.6. The van der Waals surface area contributed by atoms with Crippen molar-refractivity contribution in [1.82, 2.24) is 10.6 Å². The third-order valence-corrected chi connectivity index (χ3v) is 3.72. The normalized spacial score (nSPS) is 11.4. The second-order valence-electron chi connectivity index (χ2n) is 5.62. The van der Waals surface area contributed by atoms with E-state index in [1.54, 1.807) is 30.3 Å². The lowest BCUT2D eigenvalue weighted by atomic mass is 10.0. The lowest BCUT2D eigenvalue weighted by molar-refractivity contribution is -0.141. The van der Waals surface area contributed by atoms with Gasteiger partial charge < -0.3 is 15.4 Å². The number of hydrogen-bond acceptors (Lipinski definition) is 4. The molecule has 0 saturated carbocycles. The quantitative estimate of drug-likeness (QED) is 0.725. The summed E-state index contributed by atoms with van der Waals surface area (Å²) in [5.41, 5.74) is 0.311. The second-order valence-corrected chi connectivity index (χ2v) is 5.62. The van der Waals surface area contributed by atoms with Crippen LogP contribution in [0.5, 0.6) is 0 Å². The molecule has 0 radical (unpaired) electrons. The molecule has 0 bridgehead atoms. The van der Waals surface area contributed by atoms with Crippen LogP contribution in [0.15, 0.2) is 48.5 Å². The number of benzene rings is 2. The second kappa shape index (κ2) is 9.42. The average Bonchev–Trinajstić information content (AvgIpc) is 2.66. The van der Waals surface area contributed by atoms with Crippen LogP contribution >= 0.6 is 0 Å². The van der Waals surface area contributed by atoms with Gasteiger partial charge in [-0.3, -0.25) is 14.4 Å². The van der Waals surface area contributed by atoms with E-state index in [2.05, 4.69) is 15.4 Å². The number of ether oxygens (including phenoxy) is 1. The highest BCUT2D eigenvalue weighted by atomic mass is 19.1. The molecule has 27 heavy (non-hydrogen) atoms. The Bertz CT molecular complexity index is 828. The highest BCUT2D eigenvalue weighted by Crippen LogP contribution is 2.17. The van der Waals surface area contributed by atoms with Gasteiger partial charge in [-0.1, -0.05) is 30.3 Å². The fraction of sp³-hybridized carbons (Fsp3) is 0.211. The first kappa shape index (κ1) is 20.0. The van der Waals surface area contributed by atoms with Gasteiger partial charge in [-0.15, -0.1) is 0 Å². The number of amides is 2. The summed E-state index contributed by atoms with van der Waals surface area (Å²) in [7, 11) is 1.24. The zero-order chi connectivity index (χ0) is 19.8. The van der Waals surface area contributed by atoms with Gasteiger partial charge in [0.2, 0.25) is 5.91 Å². The van der Waals surface area contributed by atoms with Crippen molar-refractivity contribution in [3.8, 4) is 0 Å². The molecule has 0 saturated heterocycles. The van der Waals surface area contributed by atoms with E-state index in [4.69, 9.17) is 0 Å². The predicted octanol–water partition coefficient (Wildman–Crippen LogP) is 2.12. The summed E-state index contributed by atoms with van der Waals surface area (Å²) in [4.78, 5) is 35.7.